The standard InChI is InChI=1S/C7H10N2.BrH/c1-6(8)7-4-2-3-5-9-7;/h2-6H,8H2,1H3;1H. The van der Waals surface area contributed by atoms with Crippen LogP contribution in [-0.4, -0.2) is 4.98 Å². The van der Waals surface area contributed by atoms with Crippen LogP contribution in [0.4, 0.5) is 0 Å². The Kier molecular flexibility index (Phi) is 4.23. The van der Waals surface area contributed by atoms with E-state index >= 15 is 0 Å². The second kappa shape index (κ2) is 4.41. The number of nitrogens with two attached hydrogens (primary N) is 1. The summed E-state index contributed by atoms with van der Waals surface area (Å²) in [7, 11) is 0. The summed E-state index contributed by atoms with van der Waals surface area (Å²) < 4.78 is 0. The third kappa shape index (κ3) is 2.45. The maximum Gasteiger partial charge on any atom is 0.0568 e. The second-order valence-electron chi connectivity index (χ2n) is 2.04. The summed E-state index contributed by atoms with van der Waals surface area (Å²) in [5.74, 6) is 0. The van der Waals surface area contributed by atoms with Gasteiger partial charge >= 0.3 is 0 Å². The molecule has 0 saturated carbocycles. The lowest BCUT2D eigenvalue weighted by atomic mass is 10.2. The summed E-state index contributed by atoms with van der Waals surface area (Å²) >= 11 is 0. The Hall–Kier alpha value is -0.410. The first-order valence-electron chi connectivity index (χ1n) is 2.97. The Morgan fingerprint density at radius 3 is 2.50 bits per heavy atom. The maximum atomic E-state index is 5.55. The fourth-order valence-electron chi connectivity index (χ4n) is 0.645. The number of rotatable bonds is 1. The molecule has 0 aliphatic carbocycles. The van der Waals surface area contributed by atoms with Crippen molar-refractivity contribution in [1.29, 1.82) is 0 Å². The van der Waals surface area contributed by atoms with Crippen LogP contribution in [0, 0.1) is 0 Å². The minimum atomic E-state index is 0. The quantitative estimate of drug-likeness (QED) is 0.754. The average molecular weight is 203 g/mol. The van der Waals surface area contributed by atoms with Gasteiger partial charge in [0, 0.05) is 12.2 Å². The lowest BCUT2D eigenvalue weighted by molar-refractivity contribution is 0.781. The molecular formula is C7H11BrN2. The van der Waals surface area contributed by atoms with Gasteiger partial charge in [0.15, 0.2) is 0 Å². The third-order valence-corrected chi connectivity index (χ3v) is 1.15. The molecular weight excluding hydrogens is 192 g/mol. The van der Waals surface area contributed by atoms with Crippen LogP contribution in [0.3, 0.4) is 0 Å². The molecule has 10 heavy (non-hydrogen) atoms. The first kappa shape index (κ1) is 9.59. The molecule has 2 N–H and O–H groups in total. The Labute approximate surface area is 71.2 Å². The first-order chi connectivity index (χ1) is 4.30. The van der Waals surface area contributed by atoms with Crippen LogP contribution in [0.2, 0.25) is 0 Å². The van der Waals surface area contributed by atoms with Crippen LogP contribution in [0.25, 0.3) is 0 Å². The van der Waals surface area contributed by atoms with Gasteiger partial charge in [0.2, 0.25) is 0 Å². The highest BCUT2D eigenvalue weighted by Gasteiger charge is 1.95. The number of nitrogens with zero attached hydrogens (tertiary/aromatic N) is 1. The van der Waals surface area contributed by atoms with E-state index in [1.165, 1.54) is 0 Å². The van der Waals surface area contributed by atoms with Gasteiger partial charge in [0.25, 0.3) is 0 Å². The highest BCUT2D eigenvalue weighted by atomic mass is 79.9. The van der Waals surface area contributed by atoms with Crippen LogP contribution in [0.5, 0.6) is 0 Å². The molecule has 0 spiro atoms. The second-order valence-corrected chi connectivity index (χ2v) is 2.04. The highest BCUT2D eigenvalue weighted by molar-refractivity contribution is 8.93. The number of hydrogen-bond acceptors (Lipinski definition) is 2. The molecule has 0 bridgehead atoms. The molecule has 0 saturated heterocycles. The van der Waals surface area contributed by atoms with Crippen LogP contribution < -0.4 is 5.73 Å². The third-order valence-electron chi connectivity index (χ3n) is 1.15. The van der Waals surface area contributed by atoms with E-state index in [2.05, 4.69) is 4.98 Å². The van der Waals surface area contributed by atoms with Gasteiger partial charge in [-0.05, 0) is 19.1 Å². The number of halogens is 1. The summed E-state index contributed by atoms with van der Waals surface area (Å²) in [6.07, 6.45) is 1.75. The van der Waals surface area contributed by atoms with Crippen molar-refractivity contribution in [2.75, 3.05) is 0 Å². The maximum absolute atomic E-state index is 5.55. The van der Waals surface area contributed by atoms with Gasteiger partial charge in [-0.3, -0.25) is 4.98 Å². The molecule has 0 amide bonds. The number of hydrogen-bond donors (Lipinski definition) is 1. The van der Waals surface area contributed by atoms with E-state index in [9.17, 15) is 0 Å². The van der Waals surface area contributed by atoms with Crippen LogP contribution in [0.15, 0.2) is 24.4 Å². The van der Waals surface area contributed by atoms with Crippen LogP contribution >= 0.6 is 17.0 Å². The predicted octanol–water partition coefficient (Wildman–Crippen LogP) is 1.68. The van der Waals surface area contributed by atoms with Gasteiger partial charge in [0.1, 0.15) is 0 Å². The monoisotopic (exact) mass is 202 g/mol. The fourth-order valence-corrected chi connectivity index (χ4v) is 0.645. The highest BCUT2D eigenvalue weighted by Crippen LogP contribution is 2.02. The normalized spacial score (nSPS) is 11.8. The van der Waals surface area contributed by atoms with Gasteiger partial charge < -0.3 is 5.73 Å². The topological polar surface area (TPSA) is 38.9 Å². The average Bonchev–Trinajstić information content (AvgIpc) is 1.90. The zero-order chi connectivity index (χ0) is 6.69. The van der Waals surface area contributed by atoms with Crippen LogP contribution in [0.1, 0.15) is 18.7 Å². The van der Waals surface area contributed by atoms with E-state index in [1.807, 2.05) is 25.1 Å². The van der Waals surface area contributed by atoms with E-state index in [0.29, 0.717) is 0 Å². The summed E-state index contributed by atoms with van der Waals surface area (Å²) in [5.41, 5.74) is 6.49. The minimum absolute atomic E-state index is 0. The Morgan fingerprint density at radius 1 is 1.50 bits per heavy atom. The molecule has 1 heterocycles. The molecule has 1 atom stereocenters. The molecule has 0 aliphatic heterocycles. The molecule has 3 heteroatoms. The molecule has 0 radical (unpaired) electrons. The smallest absolute Gasteiger partial charge is 0.0568 e. The molecule has 0 aliphatic rings. The van der Waals surface area contributed by atoms with Gasteiger partial charge in [-0.25, -0.2) is 0 Å². The van der Waals surface area contributed by atoms with E-state index in [1.54, 1.807) is 6.20 Å². The van der Waals surface area contributed by atoms with Gasteiger partial charge in [-0.2, -0.15) is 0 Å². The Morgan fingerprint density at radius 2 is 2.20 bits per heavy atom. The van der Waals surface area contributed by atoms with Gasteiger partial charge in [-0.1, -0.05) is 6.07 Å². The minimum Gasteiger partial charge on any atom is -0.323 e. The van der Waals surface area contributed by atoms with Crippen molar-refractivity contribution in [3.8, 4) is 0 Å². The van der Waals surface area contributed by atoms with Crippen molar-refractivity contribution in [2.24, 2.45) is 5.73 Å². The molecule has 2 nitrogen and oxygen atoms in total. The molecule has 0 aromatic carbocycles. The molecule has 56 valence electrons. The largest absolute Gasteiger partial charge is 0.323 e. The van der Waals surface area contributed by atoms with E-state index < -0.39 is 0 Å². The van der Waals surface area contributed by atoms with Crippen molar-refractivity contribution in [3.63, 3.8) is 0 Å². The Bertz CT molecular complexity index is 174. The summed E-state index contributed by atoms with van der Waals surface area (Å²) in [6, 6.07) is 5.79. The SMILES string of the molecule is Br.CC(N)c1ccccn1. The van der Waals surface area contributed by atoms with Crippen LogP contribution in [-0.2, 0) is 0 Å². The fraction of sp³-hybridized carbons (Fsp3) is 0.286. The zero-order valence-electron chi connectivity index (χ0n) is 5.82. The van der Waals surface area contributed by atoms with Gasteiger partial charge in [-0.15, -0.1) is 17.0 Å². The van der Waals surface area contributed by atoms with Crippen molar-refractivity contribution in [1.82, 2.24) is 4.98 Å². The van der Waals surface area contributed by atoms with E-state index in [-0.39, 0.29) is 23.0 Å². The zero-order valence-corrected chi connectivity index (χ0v) is 7.53. The summed E-state index contributed by atoms with van der Waals surface area (Å²) in [5, 5.41) is 0. The van der Waals surface area contributed by atoms with E-state index in [0.717, 1.165) is 5.69 Å². The number of aromatic nitrogens is 1. The van der Waals surface area contributed by atoms with Crippen molar-refractivity contribution in [2.45, 2.75) is 13.0 Å². The molecule has 1 aromatic heterocycles. The molecule has 0 fully saturated rings. The molecule has 1 rings (SSSR count). The lowest BCUT2D eigenvalue weighted by Crippen LogP contribution is -2.06. The van der Waals surface area contributed by atoms with E-state index in [4.69, 9.17) is 5.73 Å². The first-order valence-corrected chi connectivity index (χ1v) is 2.97. The summed E-state index contributed by atoms with van der Waals surface area (Å²) in [4.78, 5) is 4.05. The van der Waals surface area contributed by atoms with Crippen molar-refractivity contribution >= 4 is 17.0 Å². The van der Waals surface area contributed by atoms with Gasteiger partial charge in [0.05, 0.1) is 5.69 Å². The van der Waals surface area contributed by atoms with Crippen molar-refractivity contribution in [3.05, 3.63) is 30.1 Å². The van der Waals surface area contributed by atoms with Crippen molar-refractivity contribution < 1.29 is 0 Å². The lowest BCUT2D eigenvalue weighted by Gasteiger charge is -2.00. The number of pyridine rings is 1. The summed E-state index contributed by atoms with van der Waals surface area (Å²) in [6.45, 7) is 1.92. The predicted molar refractivity (Wildman–Crippen MR) is 47.2 cm³/mol. The molecule has 1 aromatic rings. The Balaban J connectivity index is 0.000000810. The molecule has 1 unspecified atom stereocenters.